The lowest BCUT2D eigenvalue weighted by Gasteiger charge is -2.32. The first kappa shape index (κ1) is 28.3. The smallest absolute Gasteiger partial charge is 0.264 e. The molecule has 0 aliphatic heterocycles. The first-order valence-corrected chi connectivity index (χ1v) is 14.7. The third-order valence-corrected chi connectivity index (χ3v) is 8.49. The maximum Gasteiger partial charge on any atom is 0.264 e. The van der Waals surface area contributed by atoms with Crippen LogP contribution < -0.4 is 9.62 Å². The van der Waals surface area contributed by atoms with E-state index in [0.717, 1.165) is 20.3 Å². The highest BCUT2D eigenvalue weighted by Crippen LogP contribution is 2.26. The van der Waals surface area contributed by atoms with Crippen molar-refractivity contribution in [2.75, 3.05) is 23.7 Å². The van der Waals surface area contributed by atoms with Crippen molar-refractivity contribution in [2.24, 2.45) is 0 Å². The van der Waals surface area contributed by atoms with Gasteiger partial charge in [0.2, 0.25) is 11.8 Å². The van der Waals surface area contributed by atoms with Crippen molar-refractivity contribution >= 4 is 39.3 Å². The van der Waals surface area contributed by atoms with Crippen LogP contribution >= 0.6 is 11.8 Å². The third-order valence-electron chi connectivity index (χ3n) is 5.96. The van der Waals surface area contributed by atoms with Crippen molar-refractivity contribution in [1.29, 1.82) is 0 Å². The number of thioether (sulfide) groups is 1. The molecule has 0 aliphatic rings. The van der Waals surface area contributed by atoms with Crippen molar-refractivity contribution in [1.82, 2.24) is 10.2 Å². The Morgan fingerprint density at radius 2 is 1.57 bits per heavy atom. The van der Waals surface area contributed by atoms with Gasteiger partial charge in [-0.2, -0.15) is 0 Å². The zero-order valence-electron chi connectivity index (χ0n) is 21.5. The summed E-state index contributed by atoms with van der Waals surface area (Å²) in [5.41, 5.74) is 2.18. The van der Waals surface area contributed by atoms with Gasteiger partial charge in [0.15, 0.2) is 0 Å². The summed E-state index contributed by atoms with van der Waals surface area (Å²) in [6.45, 7) is 5.51. The predicted octanol–water partition coefficient (Wildman–Crippen LogP) is 4.47. The molecule has 0 radical (unpaired) electrons. The van der Waals surface area contributed by atoms with Gasteiger partial charge in [0.05, 0.1) is 10.6 Å². The van der Waals surface area contributed by atoms with E-state index < -0.39 is 28.5 Å². The van der Waals surface area contributed by atoms with Crippen molar-refractivity contribution < 1.29 is 18.0 Å². The second kappa shape index (κ2) is 12.8. The Balaban J connectivity index is 2.01. The quantitative estimate of drug-likeness (QED) is 0.364. The molecule has 1 atom stereocenters. The maximum atomic E-state index is 13.8. The number of rotatable bonds is 11. The van der Waals surface area contributed by atoms with Crippen LogP contribution in [0.2, 0.25) is 0 Å². The Morgan fingerprint density at radius 3 is 2.14 bits per heavy atom. The number of amides is 2. The Labute approximate surface area is 223 Å². The van der Waals surface area contributed by atoms with E-state index in [1.165, 1.54) is 16.7 Å². The monoisotopic (exact) mass is 539 g/mol. The normalized spacial score (nSPS) is 12.0. The molecule has 0 heterocycles. The molecule has 1 N–H and O–H groups in total. The average molecular weight is 540 g/mol. The minimum Gasteiger partial charge on any atom is -0.355 e. The summed E-state index contributed by atoms with van der Waals surface area (Å²) >= 11 is 1.51. The molecule has 0 spiro atoms. The van der Waals surface area contributed by atoms with Crippen LogP contribution in [0.3, 0.4) is 0 Å². The average Bonchev–Trinajstić information content (AvgIpc) is 2.91. The summed E-state index contributed by atoms with van der Waals surface area (Å²) in [5, 5.41) is 2.76. The van der Waals surface area contributed by atoms with E-state index >= 15 is 0 Å². The van der Waals surface area contributed by atoms with Crippen LogP contribution in [0.15, 0.2) is 88.7 Å². The summed E-state index contributed by atoms with van der Waals surface area (Å²) in [4.78, 5) is 28.9. The van der Waals surface area contributed by atoms with Crippen molar-refractivity contribution in [3.05, 3.63) is 90.0 Å². The summed E-state index contributed by atoms with van der Waals surface area (Å²) in [6, 6.07) is 22.1. The number of carbonyl (C=O) groups excluding carboxylic acids is 2. The minimum absolute atomic E-state index is 0.0880. The molecule has 3 aromatic carbocycles. The number of hydrogen-bond donors (Lipinski definition) is 1. The van der Waals surface area contributed by atoms with E-state index in [1.807, 2.05) is 50.4 Å². The molecule has 0 aliphatic carbocycles. The Morgan fingerprint density at radius 1 is 0.946 bits per heavy atom. The van der Waals surface area contributed by atoms with Gasteiger partial charge >= 0.3 is 0 Å². The molecule has 0 saturated heterocycles. The molecule has 1 unspecified atom stereocenters. The molecule has 0 saturated carbocycles. The zero-order valence-corrected chi connectivity index (χ0v) is 23.2. The molecule has 9 heteroatoms. The third kappa shape index (κ3) is 7.14. The van der Waals surface area contributed by atoms with Crippen LogP contribution in [0, 0.1) is 6.92 Å². The molecule has 37 heavy (non-hydrogen) atoms. The fourth-order valence-electron chi connectivity index (χ4n) is 3.80. The van der Waals surface area contributed by atoms with Gasteiger partial charge in [0.25, 0.3) is 10.0 Å². The highest BCUT2D eigenvalue weighted by Gasteiger charge is 2.32. The number of carbonyl (C=O) groups is 2. The van der Waals surface area contributed by atoms with Crippen LogP contribution in [-0.2, 0) is 26.2 Å². The van der Waals surface area contributed by atoms with Crippen LogP contribution in [0.4, 0.5) is 5.69 Å². The number of anilines is 1. The van der Waals surface area contributed by atoms with E-state index in [2.05, 4.69) is 5.32 Å². The number of hydrogen-bond acceptors (Lipinski definition) is 5. The van der Waals surface area contributed by atoms with Crippen LogP contribution in [-0.4, -0.2) is 50.5 Å². The number of likely N-dealkylation sites (N-methyl/N-ethyl adjacent to an activating group) is 1. The standard InChI is InChI=1S/C28H33N3O4S2/c1-5-29-28(33)22(3)30(19-23-9-7-6-8-10-23)27(32)20-31(24-13-11-21(2)12-14-24)37(34,35)26-17-15-25(36-4)16-18-26/h6-18,22H,5,19-20H2,1-4H3,(H,29,33). The number of sulfonamides is 1. The predicted molar refractivity (Wildman–Crippen MR) is 149 cm³/mol. The molecule has 3 rings (SSSR count). The summed E-state index contributed by atoms with van der Waals surface area (Å²) in [6.07, 6.45) is 1.91. The van der Waals surface area contributed by atoms with Crippen LogP contribution in [0.5, 0.6) is 0 Å². The maximum absolute atomic E-state index is 13.8. The molecule has 3 aromatic rings. The van der Waals surface area contributed by atoms with Crippen molar-refractivity contribution in [3.63, 3.8) is 0 Å². The lowest BCUT2D eigenvalue weighted by molar-refractivity contribution is -0.139. The van der Waals surface area contributed by atoms with E-state index in [1.54, 1.807) is 55.5 Å². The van der Waals surface area contributed by atoms with Gasteiger partial charge in [0, 0.05) is 18.0 Å². The van der Waals surface area contributed by atoms with Gasteiger partial charge in [-0.3, -0.25) is 13.9 Å². The summed E-state index contributed by atoms with van der Waals surface area (Å²) in [5.74, 6) is -0.781. The first-order valence-electron chi connectivity index (χ1n) is 12.0. The van der Waals surface area contributed by atoms with E-state index in [-0.39, 0.29) is 17.3 Å². The van der Waals surface area contributed by atoms with Gasteiger partial charge < -0.3 is 10.2 Å². The molecule has 0 fully saturated rings. The van der Waals surface area contributed by atoms with E-state index in [9.17, 15) is 18.0 Å². The van der Waals surface area contributed by atoms with Crippen molar-refractivity contribution in [2.45, 2.75) is 43.1 Å². The molecule has 0 bridgehead atoms. The number of benzene rings is 3. The van der Waals surface area contributed by atoms with Gasteiger partial charge in [-0.25, -0.2) is 8.42 Å². The molecule has 196 valence electrons. The highest BCUT2D eigenvalue weighted by molar-refractivity contribution is 7.98. The van der Waals surface area contributed by atoms with Gasteiger partial charge in [-0.05, 0) is 69.0 Å². The molecule has 2 amide bonds. The lowest BCUT2D eigenvalue weighted by atomic mass is 10.1. The fourth-order valence-corrected chi connectivity index (χ4v) is 5.62. The second-order valence-electron chi connectivity index (χ2n) is 8.60. The van der Waals surface area contributed by atoms with Crippen LogP contribution in [0.1, 0.15) is 25.0 Å². The van der Waals surface area contributed by atoms with Gasteiger partial charge in [-0.1, -0.05) is 48.0 Å². The van der Waals surface area contributed by atoms with E-state index in [0.29, 0.717) is 12.2 Å². The zero-order chi connectivity index (χ0) is 27.0. The van der Waals surface area contributed by atoms with Gasteiger partial charge in [0.1, 0.15) is 12.6 Å². The number of aryl methyl sites for hydroxylation is 1. The fraction of sp³-hybridized carbons (Fsp3) is 0.286. The molecule has 0 aromatic heterocycles. The first-order chi connectivity index (χ1) is 17.7. The lowest BCUT2D eigenvalue weighted by Crippen LogP contribution is -2.51. The van der Waals surface area contributed by atoms with Crippen molar-refractivity contribution in [3.8, 4) is 0 Å². The minimum atomic E-state index is -4.07. The number of nitrogens with one attached hydrogen (secondary N) is 1. The molecular weight excluding hydrogens is 506 g/mol. The largest absolute Gasteiger partial charge is 0.355 e. The van der Waals surface area contributed by atoms with Crippen LogP contribution in [0.25, 0.3) is 0 Å². The SMILES string of the molecule is CCNC(=O)C(C)N(Cc1ccccc1)C(=O)CN(c1ccc(C)cc1)S(=O)(=O)c1ccc(SC)cc1. The summed E-state index contributed by atoms with van der Waals surface area (Å²) in [7, 11) is -4.07. The van der Waals surface area contributed by atoms with Gasteiger partial charge in [-0.15, -0.1) is 11.8 Å². The molecular formula is C28H33N3O4S2. The topological polar surface area (TPSA) is 86.8 Å². The summed E-state index contributed by atoms with van der Waals surface area (Å²) < 4.78 is 28.7. The molecule has 7 nitrogen and oxygen atoms in total. The Kier molecular flexibility index (Phi) is 9.77. The Bertz CT molecular complexity index is 1300. The number of nitrogens with zero attached hydrogens (tertiary/aromatic N) is 2. The van der Waals surface area contributed by atoms with E-state index in [4.69, 9.17) is 0 Å². The second-order valence-corrected chi connectivity index (χ2v) is 11.3. The Hall–Kier alpha value is -3.30. The highest BCUT2D eigenvalue weighted by atomic mass is 32.2.